The molecule has 1 aromatic carbocycles. The van der Waals surface area contributed by atoms with Crippen LogP contribution in [0.3, 0.4) is 0 Å². The molecule has 4 N–H and O–H groups in total. The molecule has 0 bridgehead atoms. The van der Waals surface area contributed by atoms with Gasteiger partial charge in [0, 0.05) is 11.3 Å². The molecule has 0 spiro atoms. The van der Waals surface area contributed by atoms with E-state index < -0.39 is 0 Å². The maximum absolute atomic E-state index is 12.3. The summed E-state index contributed by atoms with van der Waals surface area (Å²) in [4.78, 5) is 12.3. The van der Waals surface area contributed by atoms with E-state index >= 15 is 0 Å². The van der Waals surface area contributed by atoms with Crippen LogP contribution in [0.1, 0.15) is 35.7 Å². The van der Waals surface area contributed by atoms with Gasteiger partial charge in [0.2, 0.25) is 0 Å². The third kappa shape index (κ3) is 3.42. The van der Waals surface area contributed by atoms with Gasteiger partial charge in [-0.15, -0.1) is 0 Å². The molecule has 1 saturated heterocycles. The minimum atomic E-state index is -0.0645. The molecule has 0 saturated carbocycles. The third-order valence-corrected chi connectivity index (χ3v) is 5.04. The highest BCUT2D eigenvalue weighted by atomic mass is 32.2. The maximum Gasteiger partial charge on any atom is 0.253 e. The van der Waals surface area contributed by atoms with Gasteiger partial charge in [0.15, 0.2) is 0 Å². The molecule has 1 fully saturated rings. The molecule has 1 unspecified atom stereocenters. The van der Waals surface area contributed by atoms with Gasteiger partial charge in [-0.1, -0.05) is 11.6 Å². The maximum atomic E-state index is 12.3. The highest BCUT2D eigenvalue weighted by Crippen LogP contribution is 2.37. The van der Waals surface area contributed by atoms with E-state index in [2.05, 4.69) is 17.7 Å². The fourth-order valence-corrected chi connectivity index (χ4v) is 3.55. The molecule has 1 amide bonds. The van der Waals surface area contributed by atoms with Crippen LogP contribution in [0.5, 0.6) is 0 Å². The number of anilines is 1. The fourth-order valence-electron chi connectivity index (χ4n) is 2.31. The van der Waals surface area contributed by atoms with Crippen LogP contribution in [-0.4, -0.2) is 23.0 Å². The van der Waals surface area contributed by atoms with E-state index in [4.69, 9.17) is 5.84 Å². The van der Waals surface area contributed by atoms with Crippen molar-refractivity contribution in [3.05, 3.63) is 29.3 Å². The van der Waals surface area contributed by atoms with Gasteiger partial charge in [0.1, 0.15) is 0 Å². The lowest BCUT2D eigenvalue weighted by atomic mass is 10.0. The Morgan fingerprint density at radius 3 is 2.95 bits per heavy atom. The van der Waals surface area contributed by atoms with Crippen molar-refractivity contribution in [3.63, 3.8) is 0 Å². The van der Waals surface area contributed by atoms with E-state index in [-0.39, 0.29) is 10.7 Å². The van der Waals surface area contributed by atoms with E-state index in [9.17, 15) is 4.79 Å². The molecule has 19 heavy (non-hydrogen) atoms. The molecular weight excluding hydrogens is 258 g/mol. The molecule has 2 rings (SSSR count). The van der Waals surface area contributed by atoms with Crippen LogP contribution < -0.4 is 16.6 Å². The zero-order chi connectivity index (χ0) is 13.9. The van der Waals surface area contributed by atoms with Crippen LogP contribution in [-0.2, 0) is 0 Å². The Morgan fingerprint density at radius 1 is 1.53 bits per heavy atom. The molecular formula is C14H21N3OS. The van der Waals surface area contributed by atoms with Crippen molar-refractivity contribution in [3.8, 4) is 0 Å². The number of rotatable bonds is 4. The van der Waals surface area contributed by atoms with E-state index in [1.54, 1.807) is 0 Å². The molecule has 1 aromatic rings. The van der Waals surface area contributed by atoms with Gasteiger partial charge in [-0.3, -0.25) is 10.6 Å². The van der Waals surface area contributed by atoms with Crippen LogP contribution in [0, 0.1) is 6.92 Å². The highest BCUT2D eigenvalue weighted by Gasteiger charge is 2.30. The van der Waals surface area contributed by atoms with Crippen LogP contribution in [0.25, 0.3) is 0 Å². The molecule has 4 nitrogen and oxygen atoms in total. The second-order valence-electron chi connectivity index (χ2n) is 5.28. The van der Waals surface area contributed by atoms with Crippen molar-refractivity contribution in [2.24, 2.45) is 5.84 Å². The van der Waals surface area contributed by atoms with E-state index in [0.29, 0.717) is 17.8 Å². The Kier molecular flexibility index (Phi) is 4.37. The number of nitrogen functional groups attached to an aromatic ring is 1. The van der Waals surface area contributed by atoms with E-state index in [0.717, 1.165) is 12.0 Å². The smallest absolute Gasteiger partial charge is 0.253 e. The fraction of sp³-hybridized carbons (Fsp3) is 0.500. The van der Waals surface area contributed by atoms with Crippen LogP contribution >= 0.6 is 11.8 Å². The molecule has 1 aliphatic rings. The summed E-state index contributed by atoms with van der Waals surface area (Å²) < 4.78 is 0.176. The number of nitrogens with one attached hydrogen (secondary N) is 2. The molecule has 1 heterocycles. The number of aryl methyl sites for hydroxylation is 1. The van der Waals surface area contributed by atoms with Crippen LogP contribution in [0.15, 0.2) is 18.2 Å². The molecule has 0 radical (unpaired) electrons. The van der Waals surface area contributed by atoms with E-state index in [1.807, 2.05) is 36.9 Å². The number of hydrogen-bond donors (Lipinski definition) is 3. The number of carbonyl (C=O) groups is 1. The molecule has 0 aromatic heterocycles. The number of carbonyl (C=O) groups excluding carboxylic acids is 1. The summed E-state index contributed by atoms with van der Waals surface area (Å²) in [6.45, 7) is 4.88. The Balaban J connectivity index is 2.05. The van der Waals surface area contributed by atoms with Gasteiger partial charge in [0.25, 0.3) is 5.91 Å². The monoisotopic (exact) mass is 279 g/mol. The quantitative estimate of drug-likeness (QED) is 0.584. The number of hydrazine groups is 1. The molecule has 1 atom stereocenters. The molecule has 0 aliphatic carbocycles. The SMILES string of the molecule is Cc1ccc(NN)c(C(=O)NCC2(C)CCCS2)c1. The largest absolute Gasteiger partial charge is 0.351 e. The summed E-state index contributed by atoms with van der Waals surface area (Å²) in [7, 11) is 0. The minimum absolute atomic E-state index is 0.0645. The lowest BCUT2D eigenvalue weighted by Crippen LogP contribution is -2.37. The van der Waals surface area contributed by atoms with Crippen molar-refractivity contribution in [1.29, 1.82) is 0 Å². The number of benzene rings is 1. The number of amides is 1. The number of nitrogens with two attached hydrogens (primary N) is 1. The third-order valence-electron chi connectivity index (χ3n) is 3.50. The van der Waals surface area contributed by atoms with Gasteiger partial charge in [-0.05, 0) is 44.6 Å². The van der Waals surface area contributed by atoms with Crippen molar-refractivity contribution < 1.29 is 4.79 Å². The lowest BCUT2D eigenvalue weighted by Gasteiger charge is -2.23. The second kappa shape index (κ2) is 5.84. The Morgan fingerprint density at radius 2 is 2.32 bits per heavy atom. The van der Waals surface area contributed by atoms with Gasteiger partial charge in [-0.25, -0.2) is 0 Å². The van der Waals surface area contributed by atoms with E-state index in [1.165, 1.54) is 12.2 Å². The summed E-state index contributed by atoms with van der Waals surface area (Å²) in [5.41, 5.74) is 4.89. The summed E-state index contributed by atoms with van der Waals surface area (Å²) >= 11 is 1.94. The topological polar surface area (TPSA) is 67.1 Å². The van der Waals surface area contributed by atoms with Crippen molar-refractivity contribution in [2.45, 2.75) is 31.4 Å². The first kappa shape index (κ1) is 14.2. The van der Waals surface area contributed by atoms with Crippen LogP contribution in [0.4, 0.5) is 5.69 Å². The second-order valence-corrected chi connectivity index (χ2v) is 6.96. The predicted octanol–water partition coefficient (Wildman–Crippen LogP) is 2.30. The summed E-state index contributed by atoms with van der Waals surface area (Å²) in [5, 5.41) is 3.03. The Labute approximate surface area is 118 Å². The zero-order valence-corrected chi connectivity index (χ0v) is 12.3. The van der Waals surface area contributed by atoms with Gasteiger partial charge in [-0.2, -0.15) is 11.8 Å². The Hall–Kier alpha value is -1.20. The molecule has 5 heteroatoms. The van der Waals surface area contributed by atoms with Crippen molar-refractivity contribution in [1.82, 2.24) is 5.32 Å². The van der Waals surface area contributed by atoms with Gasteiger partial charge in [0.05, 0.1) is 11.3 Å². The standard InChI is InChI=1S/C14H21N3OS/c1-10-4-5-12(17-15)11(8-10)13(18)16-9-14(2)6-3-7-19-14/h4-5,8,17H,3,6-7,9,15H2,1-2H3,(H,16,18). The van der Waals surface area contributed by atoms with Crippen LogP contribution in [0.2, 0.25) is 0 Å². The first-order valence-corrected chi connectivity index (χ1v) is 7.52. The Bertz CT molecular complexity index is 470. The lowest BCUT2D eigenvalue weighted by molar-refractivity contribution is 0.0950. The van der Waals surface area contributed by atoms with Gasteiger partial charge < -0.3 is 10.7 Å². The first-order valence-electron chi connectivity index (χ1n) is 6.53. The normalized spacial score (nSPS) is 22.3. The minimum Gasteiger partial charge on any atom is -0.351 e. The average molecular weight is 279 g/mol. The summed E-state index contributed by atoms with van der Waals surface area (Å²) in [5.74, 6) is 6.57. The molecule has 104 valence electrons. The predicted molar refractivity (Wildman–Crippen MR) is 81.4 cm³/mol. The summed E-state index contributed by atoms with van der Waals surface area (Å²) in [6, 6.07) is 5.62. The number of hydrogen-bond acceptors (Lipinski definition) is 4. The highest BCUT2D eigenvalue weighted by molar-refractivity contribution is 8.00. The van der Waals surface area contributed by atoms with Crippen molar-refractivity contribution in [2.75, 3.05) is 17.7 Å². The average Bonchev–Trinajstić information content (AvgIpc) is 2.83. The number of thioether (sulfide) groups is 1. The first-order chi connectivity index (χ1) is 9.04. The van der Waals surface area contributed by atoms with Crippen molar-refractivity contribution >= 4 is 23.4 Å². The van der Waals surface area contributed by atoms with Gasteiger partial charge >= 0.3 is 0 Å². The molecule has 1 aliphatic heterocycles. The zero-order valence-electron chi connectivity index (χ0n) is 11.5. The summed E-state index contributed by atoms with van der Waals surface area (Å²) in [6.07, 6.45) is 2.39.